The van der Waals surface area contributed by atoms with Gasteiger partial charge >= 0.3 is 5.97 Å². The highest BCUT2D eigenvalue weighted by molar-refractivity contribution is 6.42. The van der Waals surface area contributed by atoms with Crippen LogP contribution in [0.25, 0.3) is 0 Å². The van der Waals surface area contributed by atoms with E-state index in [0.29, 0.717) is 16.0 Å². The Morgan fingerprint density at radius 2 is 2.13 bits per heavy atom. The summed E-state index contributed by atoms with van der Waals surface area (Å²) in [7, 11) is 0. The molecule has 2 fully saturated rings. The van der Waals surface area contributed by atoms with E-state index in [1.54, 1.807) is 0 Å². The second-order valence-electron chi connectivity index (χ2n) is 6.99. The summed E-state index contributed by atoms with van der Waals surface area (Å²) in [5, 5.41) is 10.8. The molecule has 0 spiro atoms. The molecule has 126 valence electrons. The van der Waals surface area contributed by atoms with Gasteiger partial charge in [-0.15, -0.1) is 0 Å². The van der Waals surface area contributed by atoms with Crippen LogP contribution in [0.1, 0.15) is 37.7 Å². The van der Waals surface area contributed by atoms with Crippen molar-refractivity contribution in [3.8, 4) is 0 Å². The van der Waals surface area contributed by atoms with Gasteiger partial charge in [0.1, 0.15) is 0 Å². The van der Waals surface area contributed by atoms with E-state index in [1.165, 1.54) is 5.56 Å². The first-order valence-electron chi connectivity index (χ1n) is 8.41. The van der Waals surface area contributed by atoms with Crippen molar-refractivity contribution in [1.82, 2.24) is 4.90 Å². The number of aryl methyl sites for hydroxylation is 1. The van der Waals surface area contributed by atoms with Crippen molar-refractivity contribution < 1.29 is 9.90 Å². The van der Waals surface area contributed by atoms with Gasteiger partial charge in [0.05, 0.1) is 15.5 Å². The van der Waals surface area contributed by atoms with E-state index >= 15 is 0 Å². The Balaban J connectivity index is 1.45. The summed E-state index contributed by atoms with van der Waals surface area (Å²) in [6.07, 6.45) is 6.15. The minimum Gasteiger partial charge on any atom is -0.481 e. The van der Waals surface area contributed by atoms with Crippen LogP contribution in [0.5, 0.6) is 0 Å². The topological polar surface area (TPSA) is 40.5 Å². The zero-order valence-electron chi connectivity index (χ0n) is 13.2. The summed E-state index contributed by atoms with van der Waals surface area (Å²) in [6.45, 7) is 2.69. The van der Waals surface area contributed by atoms with Crippen molar-refractivity contribution in [2.45, 2.75) is 38.5 Å². The van der Waals surface area contributed by atoms with Gasteiger partial charge < -0.3 is 10.0 Å². The van der Waals surface area contributed by atoms with Crippen LogP contribution in [-0.4, -0.2) is 35.6 Å². The van der Waals surface area contributed by atoms with Crippen molar-refractivity contribution in [2.24, 2.45) is 11.3 Å². The van der Waals surface area contributed by atoms with Crippen LogP contribution >= 0.6 is 23.2 Å². The Bertz CT molecular complexity index is 592. The Kier molecular flexibility index (Phi) is 5.19. The Morgan fingerprint density at radius 1 is 1.30 bits per heavy atom. The largest absolute Gasteiger partial charge is 0.481 e. The average molecular weight is 356 g/mol. The predicted molar refractivity (Wildman–Crippen MR) is 93.2 cm³/mol. The van der Waals surface area contributed by atoms with Crippen LogP contribution < -0.4 is 0 Å². The lowest BCUT2D eigenvalue weighted by Gasteiger charge is -2.23. The maximum Gasteiger partial charge on any atom is 0.311 e. The molecule has 1 N–H and O–H groups in total. The van der Waals surface area contributed by atoms with E-state index in [1.807, 2.05) is 18.2 Å². The molecule has 1 aliphatic carbocycles. The normalized spacial score (nSPS) is 27.3. The smallest absolute Gasteiger partial charge is 0.311 e. The molecule has 1 saturated heterocycles. The number of carboxylic acids is 1. The molecule has 0 amide bonds. The SMILES string of the molecule is O=C(O)[C@@]12CCC[C@H]1CN(CCCCc1ccc(Cl)c(Cl)c1)C2. The van der Waals surface area contributed by atoms with Crippen LogP contribution in [-0.2, 0) is 11.2 Å². The number of fused-ring (bicyclic) bond motifs is 1. The zero-order valence-corrected chi connectivity index (χ0v) is 14.7. The molecule has 1 saturated carbocycles. The van der Waals surface area contributed by atoms with Crippen molar-refractivity contribution in [2.75, 3.05) is 19.6 Å². The summed E-state index contributed by atoms with van der Waals surface area (Å²) >= 11 is 12.0. The third kappa shape index (κ3) is 3.52. The number of benzene rings is 1. The molecule has 1 aromatic carbocycles. The third-order valence-electron chi connectivity index (χ3n) is 5.54. The number of carboxylic acid groups (broad SMARTS) is 1. The monoisotopic (exact) mass is 355 g/mol. The van der Waals surface area contributed by atoms with Gasteiger partial charge in [0, 0.05) is 13.1 Å². The van der Waals surface area contributed by atoms with Crippen molar-refractivity contribution in [3.63, 3.8) is 0 Å². The summed E-state index contributed by atoms with van der Waals surface area (Å²) in [6, 6.07) is 5.80. The standard InChI is InChI=1S/C18H23Cl2NO2/c19-15-7-6-13(10-16(15)20)4-1-2-9-21-11-14-5-3-8-18(14,12-21)17(22)23/h6-7,10,14H,1-5,8-9,11-12H2,(H,22,23)/t14-,18+/m0/s1. The van der Waals surface area contributed by atoms with Crippen LogP contribution in [0, 0.1) is 11.3 Å². The maximum atomic E-state index is 11.7. The Labute approximate surface area is 147 Å². The van der Waals surface area contributed by atoms with Crippen molar-refractivity contribution in [3.05, 3.63) is 33.8 Å². The lowest BCUT2D eigenvalue weighted by molar-refractivity contribution is -0.149. The minimum absolute atomic E-state index is 0.357. The van der Waals surface area contributed by atoms with Crippen LogP contribution in [0.2, 0.25) is 10.0 Å². The number of hydrogen-bond acceptors (Lipinski definition) is 2. The number of likely N-dealkylation sites (tertiary alicyclic amines) is 1. The zero-order chi connectivity index (χ0) is 16.4. The number of halogens is 2. The summed E-state index contributed by atoms with van der Waals surface area (Å²) in [4.78, 5) is 14.0. The maximum absolute atomic E-state index is 11.7. The minimum atomic E-state index is -0.585. The van der Waals surface area contributed by atoms with Gasteiger partial charge in [-0.3, -0.25) is 4.79 Å². The fourth-order valence-corrected chi connectivity index (χ4v) is 4.59. The number of aliphatic carboxylic acids is 1. The molecule has 2 aliphatic rings. The molecular formula is C18H23Cl2NO2. The Hall–Kier alpha value is -0.770. The molecule has 23 heavy (non-hydrogen) atoms. The number of nitrogens with zero attached hydrogens (tertiary/aromatic N) is 1. The molecule has 3 nitrogen and oxygen atoms in total. The second-order valence-corrected chi connectivity index (χ2v) is 7.81. The van der Waals surface area contributed by atoms with Gasteiger partial charge in [-0.25, -0.2) is 0 Å². The van der Waals surface area contributed by atoms with Gasteiger partial charge in [-0.05, 0) is 62.3 Å². The summed E-state index contributed by atoms with van der Waals surface area (Å²) in [5.74, 6) is -0.228. The van der Waals surface area contributed by atoms with E-state index in [-0.39, 0.29) is 0 Å². The molecule has 0 aromatic heterocycles. The third-order valence-corrected chi connectivity index (χ3v) is 6.28. The molecule has 0 bridgehead atoms. The van der Waals surface area contributed by atoms with Gasteiger partial charge in [0.2, 0.25) is 0 Å². The first-order chi connectivity index (χ1) is 11.0. The molecule has 1 aromatic rings. The molecule has 0 radical (unpaired) electrons. The van der Waals surface area contributed by atoms with Crippen LogP contribution in [0.4, 0.5) is 0 Å². The van der Waals surface area contributed by atoms with E-state index in [4.69, 9.17) is 23.2 Å². The highest BCUT2D eigenvalue weighted by atomic mass is 35.5. The molecular weight excluding hydrogens is 333 g/mol. The first kappa shape index (κ1) is 17.1. The first-order valence-corrected chi connectivity index (χ1v) is 9.16. The number of carbonyl (C=O) groups is 1. The molecule has 5 heteroatoms. The van der Waals surface area contributed by atoms with Crippen molar-refractivity contribution >= 4 is 29.2 Å². The van der Waals surface area contributed by atoms with E-state index in [0.717, 1.165) is 58.2 Å². The number of unbranched alkanes of at least 4 members (excludes halogenated alkanes) is 1. The average Bonchev–Trinajstić information content (AvgIpc) is 3.05. The van der Waals surface area contributed by atoms with Crippen LogP contribution in [0.3, 0.4) is 0 Å². The predicted octanol–water partition coefficient (Wildman–Crippen LogP) is 4.50. The second kappa shape index (κ2) is 7.00. The lowest BCUT2D eigenvalue weighted by Crippen LogP contribution is -2.35. The van der Waals surface area contributed by atoms with Gasteiger partial charge in [0.25, 0.3) is 0 Å². The fraction of sp³-hybridized carbons (Fsp3) is 0.611. The molecule has 0 unspecified atom stereocenters. The highest BCUT2D eigenvalue weighted by Gasteiger charge is 2.54. The van der Waals surface area contributed by atoms with E-state index in [2.05, 4.69) is 4.90 Å². The van der Waals surface area contributed by atoms with Gasteiger partial charge in [0.15, 0.2) is 0 Å². The van der Waals surface area contributed by atoms with Crippen molar-refractivity contribution in [1.29, 1.82) is 0 Å². The molecule has 1 aliphatic heterocycles. The van der Waals surface area contributed by atoms with Crippen LogP contribution in [0.15, 0.2) is 18.2 Å². The number of rotatable bonds is 6. The molecule has 1 heterocycles. The molecule has 3 rings (SSSR count). The Morgan fingerprint density at radius 3 is 2.83 bits per heavy atom. The van der Waals surface area contributed by atoms with Gasteiger partial charge in [-0.1, -0.05) is 35.7 Å². The summed E-state index contributed by atoms with van der Waals surface area (Å²) < 4.78 is 0. The lowest BCUT2D eigenvalue weighted by atomic mass is 9.81. The van der Waals surface area contributed by atoms with E-state index in [9.17, 15) is 9.90 Å². The van der Waals surface area contributed by atoms with Gasteiger partial charge in [-0.2, -0.15) is 0 Å². The quantitative estimate of drug-likeness (QED) is 0.763. The molecule has 2 atom stereocenters. The highest BCUT2D eigenvalue weighted by Crippen LogP contribution is 2.48. The fourth-order valence-electron chi connectivity index (χ4n) is 4.27. The van der Waals surface area contributed by atoms with E-state index < -0.39 is 11.4 Å². The number of hydrogen-bond donors (Lipinski definition) is 1. The summed E-state index contributed by atoms with van der Waals surface area (Å²) in [5.41, 5.74) is 0.753.